The van der Waals surface area contributed by atoms with E-state index in [1.165, 1.54) is 30.5 Å². The van der Waals surface area contributed by atoms with Gasteiger partial charge in [-0.3, -0.25) is 19.2 Å². The van der Waals surface area contributed by atoms with Gasteiger partial charge in [-0.2, -0.15) is 31.3 Å². The summed E-state index contributed by atoms with van der Waals surface area (Å²) in [6, 6.07) is 9.24. The fourth-order valence-electron chi connectivity index (χ4n) is 3.65. The van der Waals surface area contributed by atoms with Crippen LogP contribution in [-0.2, 0) is 34.8 Å². The Hall–Kier alpha value is -5.20. The number of halogens is 8. The van der Waals surface area contributed by atoms with E-state index in [-0.39, 0.29) is 82.2 Å². The fourth-order valence-corrected chi connectivity index (χ4v) is 4.14. The van der Waals surface area contributed by atoms with E-state index in [1.54, 1.807) is 0 Å². The molecule has 0 saturated heterocycles. The number of nitrogens with one attached hydrogen (secondary N) is 1. The van der Waals surface area contributed by atoms with Crippen LogP contribution in [0.1, 0.15) is 43.0 Å². The molecule has 0 saturated carbocycles. The van der Waals surface area contributed by atoms with Crippen LogP contribution in [0.25, 0.3) is 0 Å². The van der Waals surface area contributed by atoms with E-state index in [2.05, 4.69) is 25.3 Å². The van der Waals surface area contributed by atoms with Crippen molar-refractivity contribution in [2.75, 3.05) is 29.9 Å². The predicted octanol–water partition coefficient (Wildman–Crippen LogP) is 5.07. The van der Waals surface area contributed by atoms with Crippen molar-refractivity contribution >= 4 is 65.1 Å². The molecule has 0 fully saturated rings. The molecule has 0 amide bonds. The molecule has 266 valence electrons. The van der Waals surface area contributed by atoms with Crippen molar-refractivity contribution < 1.29 is 45.5 Å². The monoisotopic (exact) mass is 746 g/mol. The number of rotatable bonds is 10. The highest BCUT2D eigenvalue weighted by molar-refractivity contribution is 6.37. The zero-order valence-corrected chi connectivity index (χ0v) is 26.9. The first-order valence-corrected chi connectivity index (χ1v) is 14.4. The minimum Gasteiger partial charge on any atom is -0.368 e. The number of hydrogen-bond acceptors (Lipinski definition) is 12. The van der Waals surface area contributed by atoms with Gasteiger partial charge in [-0.1, -0.05) is 59.6 Å². The normalized spacial score (nSPS) is 10.9. The molecule has 0 atom stereocenters. The number of hydrogen-bond donors (Lipinski definition) is 4. The molecular formula is C30H26Cl2F6N8O4. The van der Waals surface area contributed by atoms with Crippen LogP contribution >= 0.6 is 23.2 Å². The van der Waals surface area contributed by atoms with E-state index in [9.17, 15) is 45.5 Å². The maximum absolute atomic E-state index is 12.6. The summed E-state index contributed by atoms with van der Waals surface area (Å²) in [5, 5.41) is 2.58. The summed E-state index contributed by atoms with van der Waals surface area (Å²) in [7, 11) is 0. The first-order valence-electron chi connectivity index (χ1n) is 13.7. The van der Waals surface area contributed by atoms with Crippen molar-refractivity contribution in [1.82, 2.24) is 19.9 Å². The minimum absolute atomic E-state index is 0.0301. The summed E-state index contributed by atoms with van der Waals surface area (Å²) in [5.41, 5.74) is 14.8. The molecule has 4 rings (SSSR count). The molecule has 20 heteroatoms. The lowest BCUT2D eigenvalue weighted by atomic mass is 10.1. The van der Waals surface area contributed by atoms with Gasteiger partial charge < -0.3 is 22.5 Å². The number of ketones is 2. The molecule has 2 aromatic heterocycles. The average molecular weight is 747 g/mol. The second kappa shape index (κ2) is 18.5. The lowest BCUT2D eigenvalue weighted by Gasteiger charge is -2.09. The quantitative estimate of drug-likeness (QED) is 0.0953. The number of anilines is 3. The van der Waals surface area contributed by atoms with Gasteiger partial charge in [0.25, 0.3) is 0 Å². The van der Waals surface area contributed by atoms with Crippen molar-refractivity contribution in [1.29, 1.82) is 0 Å². The summed E-state index contributed by atoms with van der Waals surface area (Å²) < 4.78 is 74.8. The smallest absolute Gasteiger partial charge is 0.368 e. The van der Waals surface area contributed by atoms with Crippen molar-refractivity contribution in [2.45, 2.75) is 25.2 Å². The van der Waals surface area contributed by atoms with Gasteiger partial charge in [-0.05, 0) is 23.3 Å². The van der Waals surface area contributed by atoms with Gasteiger partial charge >= 0.3 is 12.4 Å². The number of nitrogens with two attached hydrogens (primary N) is 3. The minimum atomic E-state index is -4.46. The topological polar surface area (TPSA) is 210 Å². The predicted molar refractivity (Wildman–Crippen MR) is 172 cm³/mol. The Morgan fingerprint density at radius 1 is 0.760 bits per heavy atom. The number of aromatic nitrogens is 4. The van der Waals surface area contributed by atoms with Gasteiger partial charge in [0.2, 0.25) is 11.9 Å². The Morgan fingerprint density at radius 3 is 1.70 bits per heavy atom. The van der Waals surface area contributed by atoms with Gasteiger partial charge in [0, 0.05) is 19.0 Å². The highest BCUT2D eigenvalue weighted by atomic mass is 35.5. The zero-order chi connectivity index (χ0) is 37.6. The zero-order valence-electron chi connectivity index (χ0n) is 25.4. The van der Waals surface area contributed by atoms with E-state index in [1.807, 2.05) is 0 Å². The average Bonchev–Trinajstić information content (AvgIpc) is 3.03. The third kappa shape index (κ3) is 13.4. The third-order valence-corrected chi connectivity index (χ3v) is 6.52. The highest BCUT2D eigenvalue weighted by Gasteiger charge is 2.31. The van der Waals surface area contributed by atoms with Crippen LogP contribution in [0.5, 0.6) is 0 Å². The summed E-state index contributed by atoms with van der Waals surface area (Å²) in [6.45, 7) is -0.371. The molecule has 0 bridgehead atoms. The SMILES string of the molecule is NCC(=O)Cc1cccc(C(F)(F)F)c1.Nc1nc(Cl)c(C=O)c(Cl)n1.Nc1ncc(C=O)c(NCC(=O)Cc2cccc(C(F)(F)F)c2)n1. The molecule has 2 aromatic carbocycles. The van der Waals surface area contributed by atoms with Crippen molar-refractivity contribution in [2.24, 2.45) is 5.73 Å². The van der Waals surface area contributed by atoms with Crippen LogP contribution in [0.4, 0.5) is 44.1 Å². The molecule has 0 aliphatic rings. The second-order valence-electron chi connectivity index (χ2n) is 9.73. The summed E-state index contributed by atoms with van der Waals surface area (Å²) in [4.78, 5) is 58.5. The Labute approximate surface area is 289 Å². The summed E-state index contributed by atoms with van der Waals surface area (Å²) >= 11 is 11.0. The largest absolute Gasteiger partial charge is 0.416 e. The van der Waals surface area contributed by atoms with Crippen LogP contribution in [0.2, 0.25) is 10.3 Å². The van der Waals surface area contributed by atoms with Gasteiger partial charge in [-0.25, -0.2) is 15.0 Å². The Bertz CT molecular complexity index is 1800. The standard InChI is InChI=1S/C15H13F3N4O2.C10H10F3NO.C5H3Cl2N3O/c16-15(17,18)11-3-1-2-9(4-11)5-12(24)7-20-13-10(8-23)6-21-14(19)22-13;11-10(12,13)8-3-1-2-7(4-8)5-9(15)6-14;6-3-2(1-11)4(7)10-5(8)9-3/h1-4,6,8H,5,7H2,(H3,19,20,21,22);1-4H,5-6,14H2;1H,(H2,8,9,10). The number of carbonyl (C=O) groups is 4. The highest BCUT2D eigenvalue weighted by Crippen LogP contribution is 2.30. The van der Waals surface area contributed by atoms with E-state index in [0.29, 0.717) is 18.1 Å². The Kier molecular flexibility index (Phi) is 15.2. The molecule has 0 aliphatic heterocycles. The maximum atomic E-state index is 12.6. The number of nitrogens with zero attached hydrogens (tertiary/aromatic N) is 4. The molecule has 0 radical (unpaired) electrons. The molecular weight excluding hydrogens is 721 g/mol. The molecule has 0 spiro atoms. The van der Waals surface area contributed by atoms with E-state index in [0.717, 1.165) is 24.3 Å². The van der Waals surface area contributed by atoms with E-state index < -0.39 is 23.5 Å². The van der Waals surface area contributed by atoms with Crippen molar-refractivity contribution in [3.63, 3.8) is 0 Å². The Balaban J connectivity index is 0.000000284. The van der Waals surface area contributed by atoms with Crippen LogP contribution in [0.3, 0.4) is 0 Å². The molecule has 12 nitrogen and oxygen atoms in total. The molecule has 50 heavy (non-hydrogen) atoms. The van der Waals surface area contributed by atoms with Gasteiger partial charge in [0.05, 0.1) is 35.3 Å². The van der Waals surface area contributed by atoms with Gasteiger partial charge in [-0.15, -0.1) is 0 Å². The number of alkyl halides is 6. The third-order valence-electron chi connectivity index (χ3n) is 5.94. The van der Waals surface area contributed by atoms with E-state index in [4.69, 9.17) is 40.4 Å². The maximum Gasteiger partial charge on any atom is 0.416 e. The van der Waals surface area contributed by atoms with E-state index >= 15 is 0 Å². The number of carbonyl (C=O) groups excluding carboxylic acids is 4. The van der Waals surface area contributed by atoms with Gasteiger partial charge in [0.1, 0.15) is 16.1 Å². The molecule has 2 heterocycles. The summed E-state index contributed by atoms with van der Waals surface area (Å²) in [5.74, 6) is -0.688. The Morgan fingerprint density at radius 2 is 1.26 bits per heavy atom. The number of aldehydes is 2. The van der Waals surface area contributed by atoms with Crippen LogP contribution in [-0.4, -0.2) is 57.2 Å². The molecule has 0 unspecified atom stereocenters. The van der Waals surface area contributed by atoms with Crippen LogP contribution < -0.4 is 22.5 Å². The lowest BCUT2D eigenvalue weighted by molar-refractivity contribution is -0.138. The van der Waals surface area contributed by atoms with Crippen LogP contribution in [0.15, 0.2) is 54.7 Å². The molecule has 7 N–H and O–H groups in total. The van der Waals surface area contributed by atoms with Gasteiger partial charge in [0.15, 0.2) is 24.1 Å². The molecule has 4 aromatic rings. The molecule has 0 aliphatic carbocycles. The second-order valence-corrected chi connectivity index (χ2v) is 10.4. The first kappa shape index (κ1) is 41.0. The first-order chi connectivity index (χ1) is 23.4. The number of nitrogen functional groups attached to an aromatic ring is 2. The van der Waals surface area contributed by atoms with Crippen molar-refractivity contribution in [3.05, 3.63) is 98.4 Å². The number of benzene rings is 2. The fraction of sp³-hybridized carbons (Fsp3) is 0.200. The lowest BCUT2D eigenvalue weighted by Crippen LogP contribution is -2.18. The summed E-state index contributed by atoms with van der Waals surface area (Å²) in [6.07, 6.45) is -6.90. The van der Waals surface area contributed by atoms with Crippen molar-refractivity contribution in [3.8, 4) is 0 Å². The van der Waals surface area contributed by atoms with Crippen LogP contribution in [0, 0.1) is 0 Å². The number of Topliss-reactive ketones (excluding diaryl/α,β-unsaturated/α-hetero) is 2.